The van der Waals surface area contributed by atoms with Crippen molar-refractivity contribution in [3.8, 4) is 5.88 Å². The summed E-state index contributed by atoms with van der Waals surface area (Å²) in [6, 6.07) is 2.50. The summed E-state index contributed by atoms with van der Waals surface area (Å²) in [6.07, 6.45) is 0.734. The minimum Gasteiger partial charge on any atom is -0.388 e. The van der Waals surface area contributed by atoms with Crippen LogP contribution < -0.4 is 15.0 Å². The second-order valence-electron chi connectivity index (χ2n) is 5.80. The van der Waals surface area contributed by atoms with Crippen LogP contribution in [0.25, 0.3) is 0 Å². The van der Waals surface area contributed by atoms with Gasteiger partial charge in [0.25, 0.3) is 0 Å². The standard InChI is InChI=1S/C17H17F3N6O2/c1-2-14(27)25-7-9-26(10-8-25)16-15(21-5-6-22-16)24-12-3-4-13(23-11-12)28-17(18,19)20/h2-6,11H,1,7-10H2,(H,21,24). The second kappa shape index (κ2) is 8.11. The van der Waals surface area contributed by atoms with Crippen molar-refractivity contribution in [2.24, 2.45) is 0 Å². The van der Waals surface area contributed by atoms with E-state index < -0.39 is 12.2 Å². The van der Waals surface area contributed by atoms with E-state index in [1.165, 1.54) is 24.5 Å². The molecule has 1 amide bonds. The summed E-state index contributed by atoms with van der Waals surface area (Å²) in [5.41, 5.74) is 0.428. The van der Waals surface area contributed by atoms with Crippen LogP contribution in [0.3, 0.4) is 0 Å². The van der Waals surface area contributed by atoms with E-state index in [0.717, 1.165) is 6.07 Å². The van der Waals surface area contributed by atoms with Crippen LogP contribution in [-0.2, 0) is 4.79 Å². The molecule has 1 aliphatic rings. The molecule has 0 aliphatic carbocycles. The maximum Gasteiger partial charge on any atom is 0.574 e. The van der Waals surface area contributed by atoms with Crippen LogP contribution in [0.2, 0.25) is 0 Å². The molecule has 3 rings (SSSR count). The topological polar surface area (TPSA) is 83.5 Å². The quantitative estimate of drug-likeness (QED) is 0.780. The lowest BCUT2D eigenvalue weighted by Gasteiger charge is -2.35. The highest BCUT2D eigenvalue weighted by atomic mass is 19.4. The van der Waals surface area contributed by atoms with Crippen LogP contribution in [0.1, 0.15) is 0 Å². The van der Waals surface area contributed by atoms with Gasteiger partial charge in [-0.25, -0.2) is 15.0 Å². The number of carbonyl (C=O) groups excluding carboxylic acids is 1. The number of halogens is 3. The highest BCUT2D eigenvalue weighted by molar-refractivity contribution is 5.87. The van der Waals surface area contributed by atoms with Gasteiger partial charge < -0.3 is 19.9 Å². The number of anilines is 3. The summed E-state index contributed by atoms with van der Waals surface area (Å²) >= 11 is 0. The molecule has 148 valence electrons. The van der Waals surface area contributed by atoms with Gasteiger partial charge in [-0.15, -0.1) is 13.2 Å². The number of piperazine rings is 1. The number of nitrogens with zero attached hydrogens (tertiary/aromatic N) is 5. The Morgan fingerprint density at radius 1 is 1.14 bits per heavy atom. The van der Waals surface area contributed by atoms with E-state index >= 15 is 0 Å². The number of aromatic nitrogens is 3. The summed E-state index contributed by atoms with van der Waals surface area (Å²) in [4.78, 5) is 27.6. The van der Waals surface area contributed by atoms with E-state index in [1.807, 2.05) is 4.90 Å². The Hall–Kier alpha value is -3.37. The molecule has 28 heavy (non-hydrogen) atoms. The summed E-state index contributed by atoms with van der Waals surface area (Å²) < 4.78 is 40.4. The Kier molecular flexibility index (Phi) is 5.62. The van der Waals surface area contributed by atoms with Gasteiger partial charge in [0.1, 0.15) is 0 Å². The molecular formula is C17H17F3N6O2. The first-order valence-electron chi connectivity index (χ1n) is 8.32. The number of amides is 1. The highest BCUT2D eigenvalue weighted by Gasteiger charge is 2.31. The van der Waals surface area contributed by atoms with Crippen molar-refractivity contribution >= 4 is 23.2 Å². The lowest BCUT2D eigenvalue weighted by atomic mass is 10.3. The molecule has 2 aromatic rings. The maximum absolute atomic E-state index is 12.2. The number of carbonyl (C=O) groups is 1. The Morgan fingerprint density at radius 3 is 2.46 bits per heavy atom. The van der Waals surface area contributed by atoms with E-state index in [0.29, 0.717) is 43.5 Å². The number of hydrogen-bond acceptors (Lipinski definition) is 7. The zero-order chi connectivity index (χ0) is 20.1. The molecule has 0 spiro atoms. The number of rotatable bonds is 5. The van der Waals surface area contributed by atoms with Crippen molar-refractivity contribution in [2.75, 3.05) is 36.4 Å². The molecule has 1 aliphatic heterocycles. The smallest absolute Gasteiger partial charge is 0.388 e. The SMILES string of the molecule is C=CC(=O)N1CCN(c2nccnc2Nc2ccc(OC(F)(F)F)nc2)CC1. The normalized spacial score (nSPS) is 14.5. The lowest BCUT2D eigenvalue weighted by molar-refractivity contribution is -0.276. The average molecular weight is 394 g/mol. The average Bonchev–Trinajstić information content (AvgIpc) is 2.68. The van der Waals surface area contributed by atoms with Gasteiger partial charge in [-0.3, -0.25) is 4.79 Å². The molecule has 0 unspecified atom stereocenters. The zero-order valence-electron chi connectivity index (χ0n) is 14.7. The van der Waals surface area contributed by atoms with Crippen molar-refractivity contribution < 1.29 is 22.7 Å². The minimum absolute atomic E-state index is 0.121. The third kappa shape index (κ3) is 4.87. The van der Waals surface area contributed by atoms with Crippen LogP contribution in [0, 0.1) is 0 Å². The van der Waals surface area contributed by atoms with Crippen molar-refractivity contribution in [1.82, 2.24) is 19.9 Å². The first kappa shape index (κ1) is 19.4. The van der Waals surface area contributed by atoms with Crippen molar-refractivity contribution in [1.29, 1.82) is 0 Å². The molecule has 1 N–H and O–H groups in total. The predicted molar refractivity (Wildman–Crippen MR) is 95.2 cm³/mol. The van der Waals surface area contributed by atoms with Gasteiger partial charge in [-0.05, 0) is 12.1 Å². The Morgan fingerprint density at radius 2 is 1.86 bits per heavy atom. The fourth-order valence-electron chi connectivity index (χ4n) is 2.69. The highest BCUT2D eigenvalue weighted by Crippen LogP contribution is 2.26. The molecule has 0 atom stereocenters. The van der Waals surface area contributed by atoms with E-state index in [-0.39, 0.29) is 5.91 Å². The van der Waals surface area contributed by atoms with Gasteiger partial charge in [0.2, 0.25) is 11.8 Å². The first-order chi connectivity index (χ1) is 13.4. The van der Waals surface area contributed by atoms with E-state index in [2.05, 4.69) is 31.6 Å². The molecule has 0 bridgehead atoms. The second-order valence-corrected chi connectivity index (χ2v) is 5.80. The van der Waals surface area contributed by atoms with E-state index in [9.17, 15) is 18.0 Å². The largest absolute Gasteiger partial charge is 0.574 e. The molecule has 1 saturated heterocycles. The molecule has 8 nitrogen and oxygen atoms in total. The Bertz CT molecular complexity index is 836. The predicted octanol–water partition coefficient (Wildman–Crippen LogP) is 2.35. The summed E-state index contributed by atoms with van der Waals surface area (Å²) in [5, 5.41) is 2.99. The van der Waals surface area contributed by atoms with Crippen LogP contribution in [0.5, 0.6) is 5.88 Å². The van der Waals surface area contributed by atoms with E-state index in [1.54, 1.807) is 11.1 Å². The fraction of sp³-hybridized carbons (Fsp3) is 0.294. The third-order valence-electron chi connectivity index (χ3n) is 3.96. The zero-order valence-corrected chi connectivity index (χ0v) is 14.7. The number of nitrogens with one attached hydrogen (secondary N) is 1. The molecular weight excluding hydrogens is 377 g/mol. The van der Waals surface area contributed by atoms with Crippen molar-refractivity contribution in [2.45, 2.75) is 6.36 Å². The van der Waals surface area contributed by atoms with E-state index in [4.69, 9.17) is 0 Å². The van der Waals surface area contributed by atoms with Crippen LogP contribution in [0.15, 0.2) is 43.4 Å². The Labute approximate surface area is 158 Å². The van der Waals surface area contributed by atoms with Crippen molar-refractivity contribution in [3.63, 3.8) is 0 Å². The van der Waals surface area contributed by atoms with Gasteiger partial charge in [0.05, 0.1) is 11.9 Å². The van der Waals surface area contributed by atoms with Gasteiger partial charge in [-0.1, -0.05) is 6.58 Å². The first-order valence-corrected chi connectivity index (χ1v) is 8.32. The molecule has 3 heterocycles. The van der Waals surface area contributed by atoms with Gasteiger partial charge in [-0.2, -0.15) is 0 Å². The molecule has 0 aromatic carbocycles. The van der Waals surface area contributed by atoms with Crippen LogP contribution >= 0.6 is 0 Å². The molecule has 1 fully saturated rings. The fourth-order valence-corrected chi connectivity index (χ4v) is 2.69. The summed E-state index contributed by atoms with van der Waals surface area (Å²) in [7, 11) is 0. The molecule has 11 heteroatoms. The number of hydrogen-bond donors (Lipinski definition) is 1. The minimum atomic E-state index is -4.80. The summed E-state index contributed by atoms with van der Waals surface area (Å²) in [5.74, 6) is 0.325. The monoisotopic (exact) mass is 394 g/mol. The maximum atomic E-state index is 12.2. The molecule has 0 radical (unpaired) electrons. The lowest BCUT2D eigenvalue weighted by Crippen LogP contribution is -2.48. The van der Waals surface area contributed by atoms with Crippen molar-refractivity contribution in [3.05, 3.63) is 43.4 Å². The van der Waals surface area contributed by atoms with Crippen LogP contribution in [-0.4, -0.2) is 58.3 Å². The number of pyridine rings is 1. The summed E-state index contributed by atoms with van der Waals surface area (Å²) in [6.45, 7) is 5.64. The number of ether oxygens (including phenoxy) is 1. The van der Waals surface area contributed by atoms with Gasteiger partial charge in [0, 0.05) is 44.6 Å². The third-order valence-corrected chi connectivity index (χ3v) is 3.96. The van der Waals surface area contributed by atoms with Gasteiger partial charge in [0.15, 0.2) is 11.6 Å². The molecule has 2 aromatic heterocycles. The molecule has 0 saturated carbocycles. The number of alkyl halides is 3. The van der Waals surface area contributed by atoms with Crippen LogP contribution in [0.4, 0.5) is 30.5 Å². The Balaban J connectivity index is 1.69. The van der Waals surface area contributed by atoms with Gasteiger partial charge >= 0.3 is 6.36 Å².